The van der Waals surface area contributed by atoms with Crippen LogP contribution in [0.15, 0.2) is 30.3 Å². The highest BCUT2D eigenvalue weighted by Gasteiger charge is 2.15. The number of rotatable bonds is 2. The van der Waals surface area contributed by atoms with Gasteiger partial charge in [0.15, 0.2) is 0 Å². The van der Waals surface area contributed by atoms with Crippen molar-refractivity contribution in [2.75, 3.05) is 0 Å². The van der Waals surface area contributed by atoms with E-state index >= 15 is 0 Å². The largest absolute Gasteiger partial charge is 0.276 e. The van der Waals surface area contributed by atoms with E-state index in [1.807, 2.05) is 0 Å². The van der Waals surface area contributed by atoms with Crippen molar-refractivity contribution in [2.24, 2.45) is 0 Å². The van der Waals surface area contributed by atoms with Crippen molar-refractivity contribution in [1.29, 1.82) is 0 Å². The van der Waals surface area contributed by atoms with Crippen LogP contribution in [-0.2, 0) is 0 Å². The highest BCUT2D eigenvalue weighted by Crippen LogP contribution is 2.39. The number of benzene rings is 2. The van der Waals surface area contributed by atoms with E-state index in [0.29, 0.717) is 26.2 Å². The molecule has 0 aliphatic heterocycles. The Bertz CT molecular complexity index is 666. The van der Waals surface area contributed by atoms with Gasteiger partial charge in [0, 0.05) is 11.1 Å². The zero-order chi connectivity index (χ0) is 14.2. The second kappa shape index (κ2) is 5.90. The lowest BCUT2D eigenvalue weighted by atomic mass is 10.0. The van der Waals surface area contributed by atoms with Crippen molar-refractivity contribution in [3.05, 3.63) is 56.0 Å². The Hall–Kier alpha value is -0.440. The van der Waals surface area contributed by atoms with Gasteiger partial charge >= 0.3 is 0 Å². The molecule has 0 radical (unpaired) electrons. The molecule has 0 saturated carbocycles. The summed E-state index contributed by atoms with van der Waals surface area (Å²) >= 11 is 29.6. The molecule has 0 amide bonds. The molecule has 0 unspecified atom stereocenters. The van der Waals surface area contributed by atoms with Crippen LogP contribution in [0.2, 0.25) is 20.1 Å². The molecule has 0 atom stereocenters. The number of hydrogen-bond acceptors (Lipinski definition) is 1. The SMILES string of the molecule is O=C(Cl)c1cccc(-c2cc(Cl)c(Cl)cc2Cl)c1Cl. The van der Waals surface area contributed by atoms with E-state index in [1.165, 1.54) is 12.1 Å². The smallest absolute Gasteiger partial charge is 0.253 e. The Kier molecular flexibility index (Phi) is 4.65. The van der Waals surface area contributed by atoms with Crippen LogP contribution in [-0.4, -0.2) is 5.24 Å². The maximum Gasteiger partial charge on any atom is 0.253 e. The van der Waals surface area contributed by atoms with Crippen molar-refractivity contribution in [2.45, 2.75) is 0 Å². The molecule has 6 heteroatoms. The zero-order valence-corrected chi connectivity index (χ0v) is 13.0. The third-order valence-electron chi connectivity index (χ3n) is 2.51. The van der Waals surface area contributed by atoms with E-state index in [4.69, 9.17) is 58.0 Å². The lowest BCUT2D eigenvalue weighted by Crippen LogP contribution is -1.93. The first-order valence-corrected chi connectivity index (χ1v) is 6.94. The van der Waals surface area contributed by atoms with Crippen molar-refractivity contribution >= 4 is 63.2 Å². The van der Waals surface area contributed by atoms with Crippen molar-refractivity contribution < 1.29 is 4.79 Å². The molecule has 0 heterocycles. The standard InChI is InChI=1S/C13H5Cl5O/c14-9-5-11(16)10(15)4-8(9)6-2-1-3-7(12(6)17)13(18)19/h1-5H. The van der Waals surface area contributed by atoms with Crippen LogP contribution in [0.1, 0.15) is 10.4 Å². The summed E-state index contributed by atoms with van der Waals surface area (Å²) in [7, 11) is 0. The van der Waals surface area contributed by atoms with Crippen LogP contribution >= 0.6 is 58.0 Å². The molecule has 0 aliphatic carbocycles. The summed E-state index contributed by atoms with van der Waals surface area (Å²) in [6.07, 6.45) is 0. The maximum atomic E-state index is 11.3. The van der Waals surface area contributed by atoms with Gasteiger partial charge in [-0.3, -0.25) is 4.79 Å². The van der Waals surface area contributed by atoms with E-state index < -0.39 is 5.24 Å². The monoisotopic (exact) mass is 352 g/mol. The minimum atomic E-state index is -0.636. The maximum absolute atomic E-state index is 11.3. The number of carbonyl (C=O) groups is 1. The molecule has 98 valence electrons. The van der Waals surface area contributed by atoms with Gasteiger partial charge < -0.3 is 0 Å². The molecular formula is C13H5Cl5O. The fourth-order valence-electron chi connectivity index (χ4n) is 1.62. The van der Waals surface area contributed by atoms with Crippen molar-refractivity contribution in [1.82, 2.24) is 0 Å². The molecule has 2 rings (SSSR count). The number of carbonyl (C=O) groups excluding carboxylic acids is 1. The number of halogens is 5. The molecule has 0 aliphatic rings. The molecule has 0 bridgehead atoms. The molecular weight excluding hydrogens is 349 g/mol. The van der Waals surface area contributed by atoms with E-state index in [0.717, 1.165) is 0 Å². The molecule has 2 aromatic carbocycles. The average Bonchev–Trinajstić information content (AvgIpc) is 2.34. The van der Waals surface area contributed by atoms with Gasteiger partial charge in [-0.05, 0) is 29.8 Å². The summed E-state index contributed by atoms with van der Waals surface area (Å²) in [5, 5.41) is 0.664. The van der Waals surface area contributed by atoms with Crippen LogP contribution < -0.4 is 0 Å². The molecule has 0 spiro atoms. The van der Waals surface area contributed by atoms with Crippen molar-refractivity contribution in [3.8, 4) is 11.1 Å². The van der Waals surface area contributed by atoms with Crippen LogP contribution in [0.5, 0.6) is 0 Å². The average molecular weight is 354 g/mol. The summed E-state index contributed by atoms with van der Waals surface area (Å²) in [6, 6.07) is 8.03. The summed E-state index contributed by atoms with van der Waals surface area (Å²) in [5.41, 5.74) is 1.36. The van der Waals surface area contributed by atoms with Crippen molar-refractivity contribution in [3.63, 3.8) is 0 Å². The minimum absolute atomic E-state index is 0.211. The third kappa shape index (κ3) is 3.01. The first-order valence-electron chi connectivity index (χ1n) is 5.05. The van der Waals surface area contributed by atoms with Crippen LogP contribution in [0.3, 0.4) is 0 Å². The predicted molar refractivity (Wildman–Crippen MR) is 82.1 cm³/mol. The molecule has 0 N–H and O–H groups in total. The number of hydrogen-bond donors (Lipinski definition) is 0. The Morgan fingerprint density at radius 3 is 2.11 bits per heavy atom. The normalized spacial score (nSPS) is 10.6. The minimum Gasteiger partial charge on any atom is -0.276 e. The second-order valence-corrected chi connectivity index (χ2v) is 5.63. The van der Waals surface area contributed by atoms with E-state index in [-0.39, 0.29) is 10.6 Å². The van der Waals surface area contributed by atoms with Gasteiger partial charge in [0.1, 0.15) is 0 Å². The highest BCUT2D eigenvalue weighted by molar-refractivity contribution is 6.69. The zero-order valence-electron chi connectivity index (χ0n) is 9.18. The predicted octanol–water partition coefficient (Wildman–Crippen LogP) is 6.35. The molecule has 0 fully saturated rings. The first-order chi connectivity index (χ1) is 8.91. The molecule has 0 saturated heterocycles. The van der Waals surface area contributed by atoms with Gasteiger partial charge in [0.05, 0.1) is 25.7 Å². The molecule has 19 heavy (non-hydrogen) atoms. The Morgan fingerprint density at radius 2 is 1.47 bits per heavy atom. The Balaban J connectivity index is 2.69. The van der Waals surface area contributed by atoms with Gasteiger partial charge in [-0.15, -0.1) is 0 Å². The third-order valence-corrected chi connectivity index (χ3v) is 4.16. The van der Waals surface area contributed by atoms with Crippen LogP contribution in [0.25, 0.3) is 11.1 Å². The fourth-order valence-corrected chi connectivity index (χ4v) is 2.79. The second-order valence-electron chi connectivity index (χ2n) is 3.69. The van der Waals surface area contributed by atoms with E-state index in [2.05, 4.69) is 0 Å². The molecule has 1 nitrogen and oxygen atoms in total. The van der Waals surface area contributed by atoms with Crippen LogP contribution in [0, 0.1) is 0 Å². The fraction of sp³-hybridized carbons (Fsp3) is 0. The van der Waals surface area contributed by atoms with E-state index in [1.54, 1.807) is 18.2 Å². The quantitative estimate of drug-likeness (QED) is 0.454. The van der Waals surface area contributed by atoms with E-state index in [9.17, 15) is 4.79 Å². The van der Waals surface area contributed by atoms with Crippen LogP contribution in [0.4, 0.5) is 0 Å². The van der Waals surface area contributed by atoms with Gasteiger partial charge in [-0.1, -0.05) is 58.5 Å². The first kappa shape index (κ1) is 15.0. The summed E-state index contributed by atoms with van der Waals surface area (Å²) < 4.78 is 0. The lowest BCUT2D eigenvalue weighted by Gasteiger charge is -2.10. The Labute approximate surface area is 135 Å². The Morgan fingerprint density at radius 1 is 0.842 bits per heavy atom. The summed E-state index contributed by atoms with van der Waals surface area (Å²) in [6.45, 7) is 0. The topological polar surface area (TPSA) is 17.1 Å². The van der Waals surface area contributed by atoms with Gasteiger partial charge in [0.2, 0.25) is 0 Å². The lowest BCUT2D eigenvalue weighted by molar-refractivity contribution is 0.108. The van der Waals surface area contributed by atoms with Gasteiger partial charge in [-0.25, -0.2) is 0 Å². The van der Waals surface area contributed by atoms with Gasteiger partial charge in [0.25, 0.3) is 5.24 Å². The molecule has 2 aromatic rings. The summed E-state index contributed by atoms with van der Waals surface area (Å²) in [4.78, 5) is 11.3. The highest BCUT2D eigenvalue weighted by atomic mass is 35.5. The summed E-state index contributed by atoms with van der Waals surface area (Å²) in [5.74, 6) is 0. The van der Waals surface area contributed by atoms with Gasteiger partial charge in [-0.2, -0.15) is 0 Å². The molecule has 0 aromatic heterocycles.